The molecule has 0 radical (unpaired) electrons. The van der Waals surface area contributed by atoms with Crippen LogP contribution in [0.4, 0.5) is 0 Å². The zero-order chi connectivity index (χ0) is 13.8. The third-order valence-electron chi connectivity index (χ3n) is 3.18. The lowest BCUT2D eigenvalue weighted by atomic mass is 10.3. The predicted molar refractivity (Wildman–Crippen MR) is 72.7 cm³/mol. The van der Waals surface area contributed by atoms with E-state index in [2.05, 4.69) is 5.32 Å². The number of esters is 1. The smallest absolute Gasteiger partial charge is 0.354 e. The number of morpholine rings is 1. The topological polar surface area (TPSA) is 52.5 Å². The highest BCUT2D eigenvalue weighted by Crippen LogP contribution is 2.22. The number of nitrogens with one attached hydrogen (secondary N) is 1. The highest BCUT2D eigenvalue weighted by atomic mass is 35.5. The fourth-order valence-electron chi connectivity index (χ4n) is 2.16. The molecule has 1 unspecified atom stereocenters. The first-order valence-electron chi connectivity index (χ1n) is 6.48. The van der Waals surface area contributed by atoms with Crippen molar-refractivity contribution in [3.63, 3.8) is 0 Å². The number of halogens is 1. The van der Waals surface area contributed by atoms with Gasteiger partial charge in [-0.2, -0.15) is 0 Å². The normalized spacial score (nSPS) is 19.4. The number of hydrogen-bond donors (Lipinski definition) is 1. The molecule has 0 spiro atoms. The standard InChI is InChI=1S/C13H19ClN2O3/c1-3-18-13(17)12-6-11(14)9(2)16(12)8-10-7-15-4-5-19-10/h6,10,15H,3-5,7-8H2,1-2H3. The van der Waals surface area contributed by atoms with Crippen molar-refractivity contribution in [2.75, 3.05) is 26.3 Å². The Balaban J connectivity index is 2.19. The quantitative estimate of drug-likeness (QED) is 0.855. The van der Waals surface area contributed by atoms with E-state index < -0.39 is 0 Å². The van der Waals surface area contributed by atoms with E-state index in [1.807, 2.05) is 11.5 Å². The van der Waals surface area contributed by atoms with Gasteiger partial charge in [0, 0.05) is 18.8 Å². The van der Waals surface area contributed by atoms with Crippen LogP contribution < -0.4 is 5.32 Å². The summed E-state index contributed by atoms with van der Waals surface area (Å²) in [5, 5.41) is 3.84. The van der Waals surface area contributed by atoms with Crippen LogP contribution in [0.15, 0.2) is 6.07 Å². The highest BCUT2D eigenvalue weighted by Gasteiger charge is 2.22. The monoisotopic (exact) mass is 286 g/mol. The SMILES string of the molecule is CCOC(=O)c1cc(Cl)c(C)n1CC1CNCCO1. The van der Waals surface area contributed by atoms with Gasteiger partial charge >= 0.3 is 5.97 Å². The molecular weight excluding hydrogens is 268 g/mol. The first-order valence-corrected chi connectivity index (χ1v) is 6.86. The Hall–Kier alpha value is -1.04. The molecule has 2 rings (SSSR count). The van der Waals surface area contributed by atoms with Gasteiger partial charge < -0.3 is 19.4 Å². The predicted octanol–water partition coefficient (Wildman–Crippen LogP) is 1.62. The van der Waals surface area contributed by atoms with Gasteiger partial charge in [-0.25, -0.2) is 4.79 Å². The van der Waals surface area contributed by atoms with Crippen LogP contribution in [0.3, 0.4) is 0 Å². The molecule has 0 aliphatic carbocycles. The van der Waals surface area contributed by atoms with Crippen molar-refractivity contribution in [2.45, 2.75) is 26.5 Å². The number of nitrogens with zero attached hydrogens (tertiary/aromatic N) is 1. The molecular formula is C13H19ClN2O3. The van der Waals surface area contributed by atoms with Crippen molar-refractivity contribution in [3.05, 3.63) is 22.5 Å². The number of aromatic nitrogens is 1. The van der Waals surface area contributed by atoms with E-state index in [1.165, 1.54) is 0 Å². The van der Waals surface area contributed by atoms with Gasteiger partial charge in [0.25, 0.3) is 0 Å². The van der Waals surface area contributed by atoms with Crippen LogP contribution in [0.5, 0.6) is 0 Å². The summed E-state index contributed by atoms with van der Waals surface area (Å²) in [7, 11) is 0. The van der Waals surface area contributed by atoms with E-state index >= 15 is 0 Å². The van der Waals surface area contributed by atoms with Crippen molar-refractivity contribution < 1.29 is 14.3 Å². The van der Waals surface area contributed by atoms with Crippen LogP contribution in [-0.4, -0.2) is 42.9 Å². The van der Waals surface area contributed by atoms with Crippen LogP contribution in [-0.2, 0) is 16.0 Å². The van der Waals surface area contributed by atoms with Gasteiger partial charge in [0.1, 0.15) is 5.69 Å². The number of rotatable bonds is 4. The Bertz CT molecular complexity index is 453. The second kappa shape index (κ2) is 6.41. The summed E-state index contributed by atoms with van der Waals surface area (Å²) >= 11 is 6.11. The maximum absolute atomic E-state index is 11.9. The first-order chi connectivity index (χ1) is 9.13. The summed E-state index contributed by atoms with van der Waals surface area (Å²) in [5.41, 5.74) is 1.34. The van der Waals surface area contributed by atoms with Gasteiger partial charge in [0.2, 0.25) is 0 Å². The minimum Gasteiger partial charge on any atom is -0.461 e. The van der Waals surface area contributed by atoms with Crippen LogP contribution >= 0.6 is 11.6 Å². The molecule has 1 aliphatic heterocycles. The average Bonchev–Trinajstić information content (AvgIpc) is 2.69. The summed E-state index contributed by atoms with van der Waals surface area (Å²) in [6.45, 7) is 6.95. The fraction of sp³-hybridized carbons (Fsp3) is 0.615. The third kappa shape index (κ3) is 3.29. The van der Waals surface area contributed by atoms with Gasteiger partial charge in [0.05, 0.1) is 30.9 Å². The average molecular weight is 287 g/mol. The van der Waals surface area contributed by atoms with Crippen molar-refractivity contribution in [3.8, 4) is 0 Å². The van der Waals surface area contributed by atoms with Gasteiger partial charge in [-0.3, -0.25) is 0 Å². The number of hydrogen-bond acceptors (Lipinski definition) is 4. The lowest BCUT2D eigenvalue weighted by molar-refractivity contribution is 0.0167. The molecule has 5 nitrogen and oxygen atoms in total. The van der Waals surface area contributed by atoms with Gasteiger partial charge in [-0.15, -0.1) is 0 Å². The van der Waals surface area contributed by atoms with Crippen molar-refractivity contribution in [2.24, 2.45) is 0 Å². The molecule has 6 heteroatoms. The second-order valence-corrected chi connectivity index (χ2v) is 4.90. The van der Waals surface area contributed by atoms with Crippen molar-refractivity contribution >= 4 is 17.6 Å². The van der Waals surface area contributed by atoms with Crippen molar-refractivity contribution in [1.82, 2.24) is 9.88 Å². The lowest BCUT2D eigenvalue weighted by Crippen LogP contribution is -2.41. The first kappa shape index (κ1) is 14.4. The van der Waals surface area contributed by atoms with E-state index in [4.69, 9.17) is 21.1 Å². The van der Waals surface area contributed by atoms with Crippen LogP contribution in [0.1, 0.15) is 23.1 Å². The molecule has 2 heterocycles. The van der Waals surface area contributed by atoms with E-state index in [-0.39, 0.29) is 12.1 Å². The maximum atomic E-state index is 11.9. The molecule has 1 N–H and O–H groups in total. The zero-order valence-corrected chi connectivity index (χ0v) is 12.0. The summed E-state index contributed by atoms with van der Waals surface area (Å²) in [6.07, 6.45) is 0.0455. The molecule has 0 aromatic carbocycles. The molecule has 19 heavy (non-hydrogen) atoms. The van der Waals surface area contributed by atoms with E-state index in [1.54, 1.807) is 13.0 Å². The van der Waals surface area contributed by atoms with E-state index in [0.29, 0.717) is 30.5 Å². The van der Waals surface area contributed by atoms with E-state index in [9.17, 15) is 4.79 Å². The molecule has 0 bridgehead atoms. The molecule has 0 amide bonds. The molecule has 106 valence electrons. The van der Waals surface area contributed by atoms with Gasteiger partial charge in [-0.05, 0) is 19.9 Å². The number of carbonyl (C=O) groups excluding carboxylic acids is 1. The lowest BCUT2D eigenvalue weighted by Gasteiger charge is -2.25. The van der Waals surface area contributed by atoms with Gasteiger partial charge in [0.15, 0.2) is 0 Å². The minimum atomic E-state index is -0.346. The van der Waals surface area contributed by atoms with Crippen molar-refractivity contribution in [1.29, 1.82) is 0 Å². The summed E-state index contributed by atoms with van der Waals surface area (Å²) < 4.78 is 12.6. The van der Waals surface area contributed by atoms with Gasteiger partial charge in [-0.1, -0.05) is 11.6 Å². The number of ether oxygens (including phenoxy) is 2. The third-order valence-corrected chi connectivity index (χ3v) is 3.56. The molecule has 0 saturated carbocycles. The zero-order valence-electron chi connectivity index (χ0n) is 11.2. The molecule has 1 saturated heterocycles. The summed E-state index contributed by atoms with van der Waals surface area (Å²) in [4.78, 5) is 11.9. The Labute approximate surface area is 117 Å². The largest absolute Gasteiger partial charge is 0.461 e. The highest BCUT2D eigenvalue weighted by molar-refractivity contribution is 6.31. The van der Waals surface area contributed by atoms with Crippen LogP contribution in [0.2, 0.25) is 5.02 Å². The number of carbonyl (C=O) groups is 1. The summed E-state index contributed by atoms with van der Waals surface area (Å²) in [5.74, 6) is -0.346. The molecule has 1 aromatic rings. The fourth-order valence-corrected chi connectivity index (χ4v) is 2.37. The Morgan fingerprint density at radius 3 is 3.11 bits per heavy atom. The minimum absolute atomic E-state index is 0.0455. The molecule has 1 aromatic heterocycles. The Morgan fingerprint density at radius 2 is 2.47 bits per heavy atom. The molecule has 1 atom stereocenters. The van der Waals surface area contributed by atoms with Crippen LogP contribution in [0, 0.1) is 6.92 Å². The molecule has 1 aliphatic rings. The Morgan fingerprint density at radius 1 is 1.68 bits per heavy atom. The molecule has 1 fully saturated rings. The van der Waals surface area contributed by atoms with Crippen LogP contribution in [0.25, 0.3) is 0 Å². The Kier molecular flexibility index (Phi) is 4.85. The summed E-state index contributed by atoms with van der Waals surface area (Å²) in [6, 6.07) is 1.66. The van der Waals surface area contributed by atoms with E-state index in [0.717, 1.165) is 18.8 Å². The second-order valence-electron chi connectivity index (χ2n) is 4.49. The maximum Gasteiger partial charge on any atom is 0.354 e.